The van der Waals surface area contributed by atoms with E-state index in [-0.39, 0.29) is 23.8 Å². The smallest absolute Gasteiger partial charge is 0.444 e. The number of likely N-dealkylation sites (tertiary alicyclic amines) is 1. The Bertz CT molecular complexity index is 614. The highest BCUT2D eigenvalue weighted by molar-refractivity contribution is 5.68. The number of alkyl halides is 3. The number of hydrogen-bond donors (Lipinski definition) is 1. The van der Waals surface area contributed by atoms with Crippen molar-refractivity contribution in [2.45, 2.75) is 52.1 Å². The van der Waals surface area contributed by atoms with E-state index in [1.807, 2.05) is 27.7 Å². The fourth-order valence-electron chi connectivity index (χ4n) is 2.70. The van der Waals surface area contributed by atoms with Gasteiger partial charge >= 0.3 is 12.5 Å². The van der Waals surface area contributed by atoms with E-state index in [1.165, 1.54) is 12.1 Å². The summed E-state index contributed by atoms with van der Waals surface area (Å²) >= 11 is 0. The molecule has 1 amide bonds. The molecule has 0 spiro atoms. The maximum absolute atomic E-state index is 12.2. The van der Waals surface area contributed by atoms with E-state index in [9.17, 15) is 18.0 Å². The molecule has 0 saturated carbocycles. The van der Waals surface area contributed by atoms with Crippen molar-refractivity contribution in [2.24, 2.45) is 5.92 Å². The second-order valence-electron chi connectivity index (χ2n) is 7.37. The lowest BCUT2D eigenvalue weighted by Crippen LogP contribution is -2.49. The fraction of sp³-hybridized carbons (Fsp3) is 0.647. The third-order valence-corrected chi connectivity index (χ3v) is 3.86. The van der Waals surface area contributed by atoms with Gasteiger partial charge in [0.2, 0.25) is 0 Å². The highest BCUT2D eigenvalue weighted by atomic mass is 19.4. The molecule has 2 heterocycles. The Morgan fingerprint density at radius 1 is 1.31 bits per heavy atom. The van der Waals surface area contributed by atoms with Crippen LogP contribution < -0.4 is 10.1 Å². The van der Waals surface area contributed by atoms with Gasteiger partial charge in [0.1, 0.15) is 17.2 Å². The molecule has 1 saturated heterocycles. The average molecular weight is 375 g/mol. The minimum absolute atomic E-state index is 0.0515. The van der Waals surface area contributed by atoms with Crippen LogP contribution in [0.2, 0.25) is 0 Å². The van der Waals surface area contributed by atoms with E-state index < -0.39 is 12.0 Å². The summed E-state index contributed by atoms with van der Waals surface area (Å²) in [6.07, 6.45) is -3.37. The van der Waals surface area contributed by atoms with Crippen LogP contribution in [0.3, 0.4) is 0 Å². The molecule has 1 aromatic heterocycles. The van der Waals surface area contributed by atoms with E-state index in [2.05, 4.69) is 15.0 Å². The number of carbonyl (C=O) groups is 1. The van der Waals surface area contributed by atoms with E-state index >= 15 is 0 Å². The zero-order valence-electron chi connectivity index (χ0n) is 15.3. The Labute approximate surface area is 150 Å². The van der Waals surface area contributed by atoms with Crippen molar-refractivity contribution in [3.8, 4) is 5.75 Å². The van der Waals surface area contributed by atoms with E-state index in [4.69, 9.17) is 4.74 Å². The molecule has 146 valence electrons. The molecule has 0 bridgehead atoms. The topological polar surface area (TPSA) is 63.7 Å². The van der Waals surface area contributed by atoms with Crippen LogP contribution in [0.4, 0.5) is 23.8 Å². The van der Waals surface area contributed by atoms with Gasteiger partial charge in [0.15, 0.2) is 0 Å². The average Bonchev–Trinajstić information content (AvgIpc) is 2.48. The van der Waals surface area contributed by atoms with Crippen LogP contribution in [-0.2, 0) is 4.74 Å². The van der Waals surface area contributed by atoms with Crippen LogP contribution >= 0.6 is 0 Å². The second-order valence-corrected chi connectivity index (χ2v) is 7.37. The maximum Gasteiger partial charge on any atom is 0.573 e. The predicted octanol–water partition coefficient (Wildman–Crippen LogP) is 4.04. The molecule has 1 N–H and O–H groups in total. The lowest BCUT2D eigenvalue weighted by Gasteiger charge is -2.38. The van der Waals surface area contributed by atoms with Gasteiger partial charge in [0, 0.05) is 19.1 Å². The van der Waals surface area contributed by atoms with Crippen LogP contribution in [0.15, 0.2) is 18.3 Å². The summed E-state index contributed by atoms with van der Waals surface area (Å²) in [7, 11) is 0. The molecule has 26 heavy (non-hydrogen) atoms. The van der Waals surface area contributed by atoms with Crippen molar-refractivity contribution in [3.63, 3.8) is 0 Å². The molecule has 1 aliphatic heterocycles. The molecule has 1 fully saturated rings. The molecule has 1 aromatic rings. The molecule has 0 radical (unpaired) electrons. The highest BCUT2D eigenvalue weighted by Crippen LogP contribution is 2.25. The van der Waals surface area contributed by atoms with E-state index in [0.717, 1.165) is 6.20 Å². The number of rotatable bonds is 3. The summed E-state index contributed by atoms with van der Waals surface area (Å²) in [6, 6.07) is 2.70. The van der Waals surface area contributed by atoms with Gasteiger partial charge in [0.05, 0.1) is 6.20 Å². The Balaban J connectivity index is 1.89. The molecular weight excluding hydrogens is 351 g/mol. The summed E-state index contributed by atoms with van der Waals surface area (Å²) in [5.74, 6) is 0.224. The number of piperidine rings is 1. The van der Waals surface area contributed by atoms with Crippen LogP contribution in [0.1, 0.15) is 34.1 Å². The summed E-state index contributed by atoms with van der Waals surface area (Å²) in [5, 5.41) is 3.20. The van der Waals surface area contributed by atoms with Crippen molar-refractivity contribution >= 4 is 11.9 Å². The molecular formula is C17H24F3N3O3. The van der Waals surface area contributed by atoms with Crippen LogP contribution in [0, 0.1) is 5.92 Å². The van der Waals surface area contributed by atoms with Gasteiger partial charge in [-0.25, -0.2) is 9.78 Å². The first kappa shape index (κ1) is 20.1. The van der Waals surface area contributed by atoms with Crippen molar-refractivity contribution in [2.75, 3.05) is 18.4 Å². The SMILES string of the molecule is C[C@H]1CN(C(=O)OC(C)(C)C)CC[C@@H]1Nc1ccc(OC(F)(F)F)cn1. The number of aromatic nitrogens is 1. The zero-order chi connectivity index (χ0) is 19.5. The third-order valence-electron chi connectivity index (χ3n) is 3.86. The Morgan fingerprint density at radius 2 is 2.00 bits per heavy atom. The first-order valence-electron chi connectivity index (χ1n) is 8.39. The fourth-order valence-corrected chi connectivity index (χ4v) is 2.70. The molecule has 0 aromatic carbocycles. The zero-order valence-corrected chi connectivity index (χ0v) is 15.3. The van der Waals surface area contributed by atoms with Crippen LogP contribution in [-0.4, -0.2) is 47.1 Å². The molecule has 0 unspecified atom stereocenters. The molecule has 2 atom stereocenters. The Kier molecular flexibility index (Phi) is 5.87. The molecule has 6 nitrogen and oxygen atoms in total. The number of nitrogens with zero attached hydrogens (tertiary/aromatic N) is 2. The van der Waals surface area contributed by atoms with Crippen molar-refractivity contribution in [1.29, 1.82) is 0 Å². The van der Waals surface area contributed by atoms with Gasteiger partial charge in [-0.15, -0.1) is 13.2 Å². The standard InChI is InChI=1S/C17H24F3N3O3/c1-11-10-23(15(24)26-16(2,3)4)8-7-13(11)22-14-6-5-12(9-21-14)25-17(18,19)20/h5-6,9,11,13H,7-8,10H2,1-4H3,(H,21,22)/t11-,13-/m0/s1. The van der Waals surface area contributed by atoms with Gasteiger partial charge in [-0.3, -0.25) is 0 Å². The van der Waals surface area contributed by atoms with Crippen molar-refractivity contribution in [1.82, 2.24) is 9.88 Å². The number of hydrogen-bond acceptors (Lipinski definition) is 5. The van der Waals surface area contributed by atoms with Gasteiger partial charge in [0.25, 0.3) is 0 Å². The lowest BCUT2D eigenvalue weighted by atomic mass is 9.94. The summed E-state index contributed by atoms with van der Waals surface area (Å²) in [5.41, 5.74) is -0.542. The quantitative estimate of drug-likeness (QED) is 0.864. The lowest BCUT2D eigenvalue weighted by molar-refractivity contribution is -0.274. The minimum atomic E-state index is -4.74. The molecule has 9 heteroatoms. The minimum Gasteiger partial charge on any atom is -0.444 e. The monoisotopic (exact) mass is 375 g/mol. The summed E-state index contributed by atoms with van der Waals surface area (Å²) < 4.78 is 45.7. The third kappa shape index (κ3) is 6.27. The van der Waals surface area contributed by atoms with E-state index in [1.54, 1.807) is 4.90 Å². The normalized spacial score (nSPS) is 21.3. The summed E-state index contributed by atoms with van der Waals surface area (Å²) in [4.78, 5) is 17.8. The van der Waals surface area contributed by atoms with Gasteiger partial charge < -0.3 is 19.7 Å². The second kappa shape index (κ2) is 7.59. The predicted molar refractivity (Wildman–Crippen MR) is 89.9 cm³/mol. The first-order valence-corrected chi connectivity index (χ1v) is 8.39. The van der Waals surface area contributed by atoms with Crippen LogP contribution in [0.25, 0.3) is 0 Å². The molecule has 1 aliphatic rings. The number of anilines is 1. The number of nitrogens with one attached hydrogen (secondary N) is 1. The Hall–Kier alpha value is -2.19. The number of carbonyl (C=O) groups excluding carboxylic acids is 1. The number of halogens is 3. The molecule has 2 rings (SSSR count). The van der Waals surface area contributed by atoms with E-state index in [0.29, 0.717) is 25.3 Å². The largest absolute Gasteiger partial charge is 0.573 e. The van der Waals surface area contributed by atoms with Crippen molar-refractivity contribution < 1.29 is 27.4 Å². The van der Waals surface area contributed by atoms with Gasteiger partial charge in [-0.05, 0) is 45.2 Å². The van der Waals surface area contributed by atoms with Gasteiger partial charge in [-0.2, -0.15) is 0 Å². The number of amides is 1. The maximum atomic E-state index is 12.2. The van der Waals surface area contributed by atoms with Crippen LogP contribution in [0.5, 0.6) is 5.75 Å². The Morgan fingerprint density at radius 3 is 2.50 bits per heavy atom. The first-order chi connectivity index (χ1) is 11.9. The van der Waals surface area contributed by atoms with Crippen molar-refractivity contribution in [3.05, 3.63) is 18.3 Å². The number of pyridine rings is 1. The molecule has 0 aliphatic carbocycles. The van der Waals surface area contributed by atoms with Gasteiger partial charge in [-0.1, -0.05) is 6.92 Å². The highest BCUT2D eigenvalue weighted by Gasteiger charge is 2.32. The number of ether oxygens (including phenoxy) is 2. The summed E-state index contributed by atoms with van der Waals surface area (Å²) in [6.45, 7) is 8.52.